The number of nitrogens with zero attached hydrogens (tertiary/aromatic N) is 3. The first-order chi connectivity index (χ1) is 15.7. The Hall–Kier alpha value is -3.92. The third-order valence-electron chi connectivity index (χ3n) is 4.96. The second-order valence-electron chi connectivity index (χ2n) is 7.56. The first-order valence-corrected chi connectivity index (χ1v) is 10.9. The number of hydrogen-bond acceptors (Lipinski definition) is 8. The number of fused-ring (bicyclic) bond motifs is 3. The average molecular weight is 465 g/mol. The molecule has 0 unspecified atom stereocenters. The van der Waals surface area contributed by atoms with E-state index in [0.29, 0.717) is 21.5 Å². The van der Waals surface area contributed by atoms with Gasteiger partial charge in [0, 0.05) is 22.3 Å². The molecule has 0 aliphatic rings. The fourth-order valence-electron chi connectivity index (χ4n) is 3.46. The van der Waals surface area contributed by atoms with Gasteiger partial charge in [-0.05, 0) is 44.5 Å². The standard InChI is InChI=1S/C23H20N4O5S/c1-12-7-13(2)25-22-19(12)20-21(33-22)23(31)27(11-24-20)9-18(30)32-10-17(29)26-16-6-4-5-15(8-16)14(3)28/h4-8,11H,9-10H2,1-3H3,(H,26,29). The van der Waals surface area contributed by atoms with Crippen LogP contribution in [0.15, 0.2) is 41.5 Å². The number of hydrogen-bond donors (Lipinski definition) is 1. The molecule has 0 bridgehead atoms. The lowest BCUT2D eigenvalue weighted by atomic mass is 10.1. The first-order valence-electron chi connectivity index (χ1n) is 10.1. The largest absolute Gasteiger partial charge is 0.454 e. The van der Waals surface area contributed by atoms with Crippen molar-refractivity contribution in [1.82, 2.24) is 14.5 Å². The minimum absolute atomic E-state index is 0.131. The van der Waals surface area contributed by atoms with E-state index < -0.39 is 18.5 Å². The molecule has 4 rings (SSSR count). The number of carbonyl (C=O) groups is 3. The van der Waals surface area contributed by atoms with Crippen LogP contribution in [0.1, 0.15) is 28.5 Å². The quantitative estimate of drug-likeness (QED) is 0.344. The minimum atomic E-state index is -0.753. The Balaban J connectivity index is 1.44. The van der Waals surface area contributed by atoms with Crippen LogP contribution in [0.25, 0.3) is 20.4 Å². The lowest BCUT2D eigenvalue weighted by Crippen LogP contribution is -2.27. The normalized spacial score (nSPS) is 11.0. The number of aryl methyl sites for hydroxylation is 2. The average Bonchev–Trinajstić information content (AvgIpc) is 3.14. The van der Waals surface area contributed by atoms with Crippen LogP contribution in [0.3, 0.4) is 0 Å². The maximum atomic E-state index is 12.9. The molecule has 0 radical (unpaired) electrons. The van der Waals surface area contributed by atoms with Crippen molar-refractivity contribution in [1.29, 1.82) is 0 Å². The molecule has 1 amide bonds. The number of ether oxygens (including phenoxy) is 1. The van der Waals surface area contributed by atoms with Crippen LogP contribution in [0.5, 0.6) is 0 Å². The molecule has 0 aliphatic carbocycles. The van der Waals surface area contributed by atoms with E-state index in [4.69, 9.17) is 4.74 Å². The molecule has 4 aromatic rings. The lowest BCUT2D eigenvalue weighted by molar-refractivity contribution is -0.147. The van der Waals surface area contributed by atoms with Crippen molar-refractivity contribution in [2.75, 3.05) is 11.9 Å². The van der Waals surface area contributed by atoms with Gasteiger partial charge in [-0.15, -0.1) is 11.3 Å². The number of amides is 1. The summed E-state index contributed by atoms with van der Waals surface area (Å²) in [4.78, 5) is 58.2. The monoisotopic (exact) mass is 464 g/mol. The van der Waals surface area contributed by atoms with Crippen LogP contribution < -0.4 is 10.9 Å². The Labute approximate surface area is 192 Å². The van der Waals surface area contributed by atoms with Crippen LogP contribution >= 0.6 is 11.3 Å². The number of thiophene rings is 1. The van der Waals surface area contributed by atoms with Gasteiger partial charge >= 0.3 is 5.97 Å². The smallest absolute Gasteiger partial charge is 0.326 e. The van der Waals surface area contributed by atoms with Crippen molar-refractivity contribution in [2.45, 2.75) is 27.3 Å². The van der Waals surface area contributed by atoms with Crippen molar-refractivity contribution in [3.63, 3.8) is 0 Å². The van der Waals surface area contributed by atoms with E-state index >= 15 is 0 Å². The fraction of sp³-hybridized carbons (Fsp3) is 0.217. The highest BCUT2D eigenvalue weighted by atomic mass is 32.1. The van der Waals surface area contributed by atoms with Crippen molar-refractivity contribution < 1.29 is 19.1 Å². The van der Waals surface area contributed by atoms with Gasteiger partial charge in [-0.25, -0.2) is 9.97 Å². The molecule has 3 heterocycles. The molecule has 168 valence electrons. The van der Waals surface area contributed by atoms with Gasteiger partial charge in [-0.1, -0.05) is 12.1 Å². The van der Waals surface area contributed by atoms with Crippen molar-refractivity contribution in [2.24, 2.45) is 0 Å². The maximum Gasteiger partial charge on any atom is 0.326 e. The molecule has 0 saturated heterocycles. The van der Waals surface area contributed by atoms with Crippen LogP contribution in [0.2, 0.25) is 0 Å². The molecule has 0 aliphatic heterocycles. The van der Waals surface area contributed by atoms with Crippen molar-refractivity contribution in [3.8, 4) is 0 Å². The molecule has 0 atom stereocenters. The molecule has 10 heteroatoms. The van der Waals surface area contributed by atoms with Gasteiger partial charge in [-0.3, -0.25) is 23.7 Å². The maximum absolute atomic E-state index is 12.9. The van der Waals surface area contributed by atoms with E-state index in [0.717, 1.165) is 26.0 Å². The molecular weight excluding hydrogens is 444 g/mol. The van der Waals surface area contributed by atoms with Crippen LogP contribution in [-0.4, -0.2) is 38.8 Å². The predicted octanol–water partition coefficient (Wildman–Crippen LogP) is 3.01. The molecular formula is C23H20N4O5S. The summed E-state index contributed by atoms with van der Waals surface area (Å²) in [6, 6.07) is 8.36. The second-order valence-corrected chi connectivity index (χ2v) is 8.56. The number of anilines is 1. The molecule has 0 saturated carbocycles. The van der Waals surface area contributed by atoms with E-state index in [2.05, 4.69) is 15.3 Å². The number of ketones is 1. The number of nitrogens with one attached hydrogen (secondary N) is 1. The summed E-state index contributed by atoms with van der Waals surface area (Å²) in [7, 11) is 0. The van der Waals surface area contributed by atoms with Crippen LogP contribution in [0.4, 0.5) is 5.69 Å². The number of rotatable bonds is 6. The van der Waals surface area contributed by atoms with Gasteiger partial charge < -0.3 is 10.1 Å². The van der Waals surface area contributed by atoms with Crippen LogP contribution in [0, 0.1) is 13.8 Å². The third-order valence-corrected chi connectivity index (χ3v) is 6.02. The van der Waals surface area contributed by atoms with E-state index in [-0.39, 0.29) is 17.9 Å². The van der Waals surface area contributed by atoms with Gasteiger partial charge in [0.2, 0.25) is 0 Å². The first kappa shape index (κ1) is 22.3. The minimum Gasteiger partial charge on any atom is -0.454 e. The zero-order valence-electron chi connectivity index (χ0n) is 18.2. The third kappa shape index (κ3) is 4.65. The summed E-state index contributed by atoms with van der Waals surface area (Å²) in [6.07, 6.45) is 1.30. The molecule has 1 N–H and O–H groups in total. The van der Waals surface area contributed by atoms with Gasteiger partial charge in [0.05, 0.1) is 11.8 Å². The fourth-order valence-corrected chi connectivity index (χ4v) is 4.66. The van der Waals surface area contributed by atoms with E-state index in [1.165, 1.54) is 30.7 Å². The molecule has 9 nitrogen and oxygen atoms in total. The number of pyridine rings is 1. The summed E-state index contributed by atoms with van der Waals surface area (Å²) in [5.74, 6) is -1.45. The Morgan fingerprint density at radius 2 is 1.97 bits per heavy atom. The van der Waals surface area contributed by atoms with E-state index in [1.54, 1.807) is 18.2 Å². The number of Topliss-reactive ketones (excluding diaryl/α,β-unsaturated/α-hetero) is 1. The number of carbonyl (C=O) groups excluding carboxylic acids is 3. The Kier molecular flexibility index (Phi) is 6.01. The molecule has 0 fully saturated rings. The Morgan fingerprint density at radius 3 is 2.73 bits per heavy atom. The topological polar surface area (TPSA) is 120 Å². The summed E-state index contributed by atoms with van der Waals surface area (Å²) in [6.45, 7) is 4.34. The molecule has 3 aromatic heterocycles. The Morgan fingerprint density at radius 1 is 1.18 bits per heavy atom. The zero-order valence-corrected chi connectivity index (χ0v) is 19.0. The van der Waals surface area contributed by atoms with Gasteiger partial charge in [0.15, 0.2) is 12.4 Å². The second kappa shape index (κ2) is 8.91. The molecule has 33 heavy (non-hydrogen) atoms. The SMILES string of the molecule is CC(=O)c1cccc(NC(=O)COC(=O)Cn2cnc3c(sc4nc(C)cc(C)c43)c2=O)c1. The molecule has 0 spiro atoms. The van der Waals surface area contributed by atoms with Crippen molar-refractivity contribution in [3.05, 3.63) is 63.8 Å². The number of benzene rings is 1. The zero-order chi connectivity index (χ0) is 23.7. The highest BCUT2D eigenvalue weighted by molar-refractivity contribution is 7.25. The summed E-state index contributed by atoms with van der Waals surface area (Å²) < 4.78 is 6.56. The summed E-state index contributed by atoms with van der Waals surface area (Å²) in [5, 5.41) is 3.39. The predicted molar refractivity (Wildman–Crippen MR) is 125 cm³/mol. The summed E-state index contributed by atoms with van der Waals surface area (Å²) in [5.41, 5.74) is 2.88. The number of esters is 1. The van der Waals surface area contributed by atoms with E-state index in [9.17, 15) is 19.2 Å². The van der Waals surface area contributed by atoms with Crippen molar-refractivity contribution >= 4 is 55.1 Å². The van der Waals surface area contributed by atoms with Crippen LogP contribution in [-0.2, 0) is 20.9 Å². The Bertz CT molecular complexity index is 1490. The highest BCUT2D eigenvalue weighted by Crippen LogP contribution is 2.31. The van der Waals surface area contributed by atoms with Gasteiger partial charge in [0.1, 0.15) is 16.1 Å². The summed E-state index contributed by atoms with van der Waals surface area (Å²) >= 11 is 1.23. The highest BCUT2D eigenvalue weighted by Gasteiger charge is 2.17. The molecule has 1 aromatic carbocycles. The van der Waals surface area contributed by atoms with Gasteiger partial charge in [-0.2, -0.15) is 0 Å². The van der Waals surface area contributed by atoms with Gasteiger partial charge in [0.25, 0.3) is 11.5 Å². The van der Waals surface area contributed by atoms with E-state index in [1.807, 2.05) is 19.9 Å². The number of aromatic nitrogens is 3. The lowest BCUT2D eigenvalue weighted by Gasteiger charge is -2.08.